The lowest BCUT2D eigenvalue weighted by Crippen LogP contribution is -2.06. The molecule has 0 fully saturated rings. The van der Waals surface area contributed by atoms with E-state index in [0.717, 1.165) is 5.56 Å². The van der Waals surface area contributed by atoms with Crippen LogP contribution < -0.4 is 4.74 Å². The fraction of sp³-hybridized carbons (Fsp3) is 0.400. The second-order valence-electron chi connectivity index (χ2n) is 2.70. The van der Waals surface area contributed by atoms with Gasteiger partial charge in [-0.25, -0.2) is 4.39 Å². The number of methoxy groups -OCH3 is 1. The van der Waals surface area contributed by atoms with Crippen molar-refractivity contribution in [2.24, 2.45) is 0 Å². The number of alkyl halides is 1. The summed E-state index contributed by atoms with van der Waals surface area (Å²) in [5.41, 5.74) is 0.807. The molecule has 4 heteroatoms. The lowest BCUT2D eigenvalue weighted by Gasteiger charge is -2.10. The third-order valence-corrected chi connectivity index (χ3v) is 2.33. The molecule has 0 amide bonds. The van der Waals surface area contributed by atoms with E-state index >= 15 is 0 Å². The summed E-state index contributed by atoms with van der Waals surface area (Å²) in [5.74, 6) is -0.0283. The Morgan fingerprint density at radius 2 is 2.14 bits per heavy atom. The van der Waals surface area contributed by atoms with Crippen LogP contribution in [-0.4, -0.2) is 20.3 Å². The maximum absolute atomic E-state index is 13.3. The van der Waals surface area contributed by atoms with E-state index in [4.69, 9.17) is 9.47 Å². The van der Waals surface area contributed by atoms with Gasteiger partial charge in [0.25, 0.3) is 0 Å². The predicted molar refractivity (Wildman–Crippen MR) is 56.4 cm³/mol. The molecule has 1 aromatic rings. The van der Waals surface area contributed by atoms with Crippen LogP contribution in [0.15, 0.2) is 18.2 Å². The van der Waals surface area contributed by atoms with Crippen LogP contribution in [-0.2, 0) is 10.1 Å². The molecule has 0 saturated heterocycles. The summed E-state index contributed by atoms with van der Waals surface area (Å²) < 4.78 is 23.4. The standard InChI is InChI=1S/C10H12BrFO2/c1-13-5-6-14-10-8(7-11)3-2-4-9(10)12/h2-4H,5-7H2,1H3. The first-order valence-corrected chi connectivity index (χ1v) is 5.37. The molecule has 2 nitrogen and oxygen atoms in total. The molecule has 14 heavy (non-hydrogen) atoms. The van der Waals surface area contributed by atoms with Crippen LogP contribution in [0, 0.1) is 5.82 Å². The monoisotopic (exact) mass is 262 g/mol. The molecule has 0 spiro atoms. The minimum Gasteiger partial charge on any atom is -0.488 e. The number of hydrogen-bond donors (Lipinski definition) is 0. The summed E-state index contributed by atoms with van der Waals surface area (Å²) >= 11 is 3.27. The molecular formula is C10H12BrFO2. The number of benzene rings is 1. The van der Waals surface area contributed by atoms with E-state index in [0.29, 0.717) is 24.3 Å². The SMILES string of the molecule is COCCOc1c(F)cccc1CBr. The highest BCUT2D eigenvalue weighted by molar-refractivity contribution is 9.08. The van der Waals surface area contributed by atoms with Crippen LogP contribution in [0.5, 0.6) is 5.75 Å². The molecule has 0 aliphatic heterocycles. The van der Waals surface area contributed by atoms with Crippen LogP contribution >= 0.6 is 15.9 Å². The van der Waals surface area contributed by atoms with Crippen molar-refractivity contribution in [1.29, 1.82) is 0 Å². The first-order chi connectivity index (χ1) is 6.79. The van der Waals surface area contributed by atoms with Gasteiger partial charge in [-0.3, -0.25) is 0 Å². The molecule has 0 heterocycles. The largest absolute Gasteiger partial charge is 0.488 e. The molecule has 0 atom stereocenters. The Balaban J connectivity index is 2.72. The highest BCUT2D eigenvalue weighted by atomic mass is 79.9. The summed E-state index contributed by atoms with van der Waals surface area (Å²) in [6, 6.07) is 4.86. The minimum absolute atomic E-state index is 0.307. The van der Waals surface area contributed by atoms with E-state index in [-0.39, 0.29) is 5.82 Å². The van der Waals surface area contributed by atoms with E-state index in [1.165, 1.54) is 6.07 Å². The van der Waals surface area contributed by atoms with Gasteiger partial charge in [-0.2, -0.15) is 0 Å². The average molecular weight is 263 g/mol. The molecule has 0 aliphatic rings. The lowest BCUT2D eigenvalue weighted by atomic mass is 10.2. The number of hydrogen-bond acceptors (Lipinski definition) is 2. The Morgan fingerprint density at radius 1 is 1.36 bits per heavy atom. The highest BCUT2D eigenvalue weighted by Gasteiger charge is 2.07. The first-order valence-electron chi connectivity index (χ1n) is 4.24. The van der Waals surface area contributed by atoms with E-state index in [1.54, 1.807) is 13.2 Å². The topological polar surface area (TPSA) is 18.5 Å². The van der Waals surface area contributed by atoms with Gasteiger partial charge in [-0.15, -0.1) is 0 Å². The van der Waals surface area contributed by atoms with Gasteiger partial charge in [0.15, 0.2) is 11.6 Å². The van der Waals surface area contributed by atoms with Crippen molar-refractivity contribution in [3.63, 3.8) is 0 Å². The maximum atomic E-state index is 13.3. The number of rotatable bonds is 5. The zero-order valence-corrected chi connectivity index (χ0v) is 9.51. The Bertz CT molecular complexity index is 291. The lowest BCUT2D eigenvalue weighted by molar-refractivity contribution is 0.143. The van der Waals surface area contributed by atoms with Gasteiger partial charge in [0.1, 0.15) is 6.61 Å². The summed E-state index contributed by atoms with van der Waals surface area (Å²) in [4.78, 5) is 0. The van der Waals surface area contributed by atoms with Gasteiger partial charge >= 0.3 is 0 Å². The highest BCUT2D eigenvalue weighted by Crippen LogP contribution is 2.24. The van der Waals surface area contributed by atoms with Gasteiger partial charge in [0.2, 0.25) is 0 Å². The molecule has 1 rings (SSSR count). The zero-order chi connectivity index (χ0) is 10.4. The predicted octanol–water partition coefficient (Wildman–Crippen LogP) is 2.75. The summed E-state index contributed by atoms with van der Waals surface area (Å²) in [6.07, 6.45) is 0. The van der Waals surface area contributed by atoms with Crippen molar-refractivity contribution < 1.29 is 13.9 Å². The van der Waals surface area contributed by atoms with Crippen LogP contribution in [0.1, 0.15) is 5.56 Å². The van der Waals surface area contributed by atoms with Crippen molar-refractivity contribution >= 4 is 15.9 Å². The number of halogens is 2. The molecule has 0 saturated carbocycles. The molecule has 1 aromatic carbocycles. The molecule has 0 unspecified atom stereocenters. The fourth-order valence-electron chi connectivity index (χ4n) is 1.05. The summed E-state index contributed by atoms with van der Waals surface area (Å²) in [6.45, 7) is 0.813. The third kappa shape index (κ3) is 2.96. The zero-order valence-electron chi connectivity index (χ0n) is 7.93. The molecular weight excluding hydrogens is 251 g/mol. The van der Waals surface area contributed by atoms with Crippen LogP contribution in [0.25, 0.3) is 0 Å². The normalized spacial score (nSPS) is 10.2. The van der Waals surface area contributed by atoms with Gasteiger partial charge < -0.3 is 9.47 Å². The fourth-order valence-corrected chi connectivity index (χ4v) is 1.49. The molecule has 0 radical (unpaired) electrons. The number of ether oxygens (including phenoxy) is 2. The van der Waals surface area contributed by atoms with Crippen LogP contribution in [0.2, 0.25) is 0 Å². The van der Waals surface area contributed by atoms with Crippen LogP contribution in [0.3, 0.4) is 0 Å². The Hall–Kier alpha value is -0.610. The molecule has 0 aliphatic carbocycles. The number of para-hydroxylation sites is 1. The second kappa shape index (κ2) is 5.98. The van der Waals surface area contributed by atoms with Crippen LogP contribution in [0.4, 0.5) is 4.39 Å². The Labute approximate surface area is 91.2 Å². The molecule has 0 aromatic heterocycles. The van der Waals surface area contributed by atoms with Gasteiger partial charge in [-0.05, 0) is 6.07 Å². The Kier molecular flexibility index (Phi) is 4.90. The second-order valence-corrected chi connectivity index (χ2v) is 3.26. The maximum Gasteiger partial charge on any atom is 0.165 e. The van der Waals surface area contributed by atoms with E-state index in [9.17, 15) is 4.39 Å². The molecule has 78 valence electrons. The van der Waals surface area contributed by atoms with Crippen molar-refractivity contribution in [1.82, 2.24) is 0 Å². The van der Waals surface area contributed by atoms with Crippen molar-refractivity contribution in [3.8, 4) is 5.75 Å². The van der Waals surface area contributed by atoms with E-state index in [2.05, 4.69) is 15.9 Å². The average Bonchev–Trinajstić information content (AvgIpc) is 2.20. The van der Waals surface area contributed by atoms with Gasteiger partial charge in [0, 0.05) is 18.0 Å². The third-order valence-electron chi connectivity index (χ3n) is 1.73. The van der Waals surface area contributed by atoms with Crippen molar-refractivity contribution in [2.45, 2.75) is 5.33 Å². The summed E-state index contributed by atoms with van der Waals surface area (Å²) in [5, 5.41) is 0.576. The Morgan fingerprint density at radius 3 is 2.79 bits per heavy atom. The van der Waals surface area contributed by atoms with Gasteiger partial charge in [-0.1, -0.05) is 28.1 Å². The van der Waals surface area contributed by atoms with E-state index < -0.39 is 0 Å². The van der Waals surface area contributed by atoms with Crippen molar-refractivity contribution in [2.75, 3.05) is 20.3 Å². The van der Waals surface area contributed by atoms with Gasteiger partial charge in [0.05, 0.1) is 6.61 Å². The minimum atomic E-state index is -0.335. The quantitative estimate of drug-likeness (QED) is 0.600. The van der Waals surface area contributed by atoms with Crippen molar-refractivity contribution in [3.05, 3.63) is 29.6 Å². The molecule has 0 bridgehead atoms. The van der Waals surface area contributed by atoms with E-state index in [1.807, 2.05) is 6.07 Å². The summed E-state index contributed by atoms with van der Waals surface area (Å²) in [7, 11) is 1.58. The smallest absolute Gasteiger partial charge is 0.165 e. The first kappa shape index (κ1) is 11.5. The molecule has 0 N–H and O–H groups in total.